The topological polar surface area (TPSA) is 95.6 Å². The maximum absolute atomic E-state index is 13.1. The molecule has 2 saturated heterocycles. The summed E-state index contributed by atoms with van der Waals surface area (Å²) < 4.78 is 5.35. The quantitative estimate of drug-likeness (QED) is 0.653. The van der Waals surface area contributed by atoms with E-state index in [4.69, 9.17) is 4.74 Å². The molecule has 1 aromatic carbocycles. The van der Waals surface area contributed by atoms with Crippen LogP contribution in [0.25, 0.3) is 0 Å². The van der Waals surface area contributed by atoms with Gasteiger partial charge in [-0.15, -0.1) is 0 Å². The van der Waals surface area contributed by atoms with Crippen molar-refractivity contribution in [1.29, 1.82) is 0 Å². The van der Waals surface area contributed by atoms with Gasteiger partial charge in [0.05, 0.1) is 13.0 Å². The van der Waals surface area contributed by atoms with Gasteiger partial charge in [-0.3, -0.25) is 14.6 Å². The molecule has 8 nitrogen and oxygen atoms in total. The second-order valence-corrected chi connectivity index (χ2v) is 8.07. The number of hydrazine groups is 1. The Morgan fingerprint density at radius 2 is 2.10 bits per heavy atom. The minimum absolute atomic E-state index is 0.0193. The van der Waals surface area contributed by atoms with E-state index in [1.54, 1.807) is 13.3 Å². The molecule has 0 aliphatic carbocycles. The first kappa shape index (κ1) is 21.3. The zero-order valence-electron chi connectivity index (χ0n) is 17.7. The molecular formula is C23H29N5O3. The minimum atomic E-state index is -0.305. The number of nitrogens with zero attached hydrogens (tertiary/aromatic N) is 2. The molecule has 1 aromatic heterocycles. The van der Waals surface area contributed by atoms with Crippen LogP contribution in [0.1, 0.15) is 36.4 Å². The van der Waals surface area contributed by atoms with Crippen molar-refractivity contribution in [3.63, 3.8) is 0 Å². The van der Waals surface area contributed by atoms with Crippen molar-refractivity contribution in [1.82, 2.24) is 26.1 Å². The van der Waals surface area contributed by atoms with E-state index in [0.717, 1.165) is 29.7 Å². The van der Waals surface area contributed by atoms with Crippen LogP contribution in [-0.2, 0) is 16.1 Å². The SMILES string of the molecule is COc1ccccc1CNC(=O)C1CCCN(C(=O)C2CC(c3cccnc3)NN2)C1. The van der Waals surface area contributed by atoms with Crippen LogP contribution < -0.4 is 20.9 Å². The number of amides is 2. The fourth-order valence-corrected chi connectivity index (χ4v) is 4.31. The molecule has 2 aliphatic heterocycles. The number of likely N-dealkylation sites (tertiary alicyclic amines) is 1. The van der Waals surface area contributed by atoms with Gasteiger partial charge in [0.15, 0.2) is 0 Å². The number of pyridine rings is 1. The molecule has 2 amide bonds. The highest BCUT2D eigenvalue weighted by Gasteiger charge is 2.36. The third-order valence-corrected chi connectivity index (χ3v) is 6.04. The predicted octanol–water partition coefficient (Wildman–Crippen LogP) is 1.55. The summed E-state index contributed by atoms with van der Waals surface area (Å²) in [6, 6.07) is 11.3. The molecule has 8 heteroatoms. The largest absolute Gasteiger partial charge is 0.496 e. The van der Waals surface area contributed by atoms with Crippen LogP contribution in [0.2, 0.25) is 0 Å². The highest BCUT2D eigenvalue weighted by Crippen LogP contribution is 2.25. The Bertz CT molecular complexity index is 907. The number of hydrogen-bond acceptors (Lipinski definition) is 6. The summed E-state index contributed by atoms with van der Waals surface area (Å²) in [4.78, 5) is 31.8. The molecule has 31 heavy (non-hydrogen) atoms. The predicted molar refractivity (Wildman–Crippen MR) is 116 cm³/mol. The van der Waals surface area contributed by atoms with Crippen LogP contribution in [-0.4, -0.2) is 47.9 Å². The molecule has 2 aromatic rings. The van der Waals surface area contributed by atoms with Crippen molar-refractivity contribution in [2.75, 3.05) is 20.2 Å². The lowest BCUT2D eigenvalue weighted by molar-refractivity contribution is -0.137. The zero-order valence-corrected chi connectivity index (χ0v) is 17.7. The summed E-state index contributed by atoms with van der Waals surface area (Å²) >= 11 is 0. The number of methoxy groups -OCH3 is 1. The normalized spacial score (nSPS) is 23.4. The Balaban J connectivity index is 1.31. The van der Waals surface area contributed by atoms with Crippen molar-refractivity contribution < 1.29 is 14.3 Å². The number of nitrogens with one attached hydrogen (secondary N) is 3. The lowest BCUT2D eigenvalue weighted by atomic mass is 9.95. The molecule has 3 N–H and O–H groups in total. The summed E-state index contributed by atoms with van der Waals surface area (Å²) in [6.07, 6.45) is 5.82. The maximum atomic E-state index is 13.1. The van der Waals surface area contributed by atoms with Gasteiger partial charge in [-0.1, -0.05) is 24.3 Å². The Morgan fingerprint density at radius 1 is 1.23 bits per heavy atom. The van der Waals surface area contributed by atoms with Gasteiger partial charge in [0.2, 0.25) is 11.8 Å². The molecule has 3 heterocycles. The molecule has 0 saturated carbocycles. The van der Waals surface area contributed by atoms with Gasteiger partial charge in [-0.05, 0) is 37.0 Å². The van der Waals surface area contributed by atoms with Gasteiger partial charge in [0.25, 0.3) is 0 Å². The van der Waals surface area contributed by atoms with E-state index in [2.05, 4.69) is 21.2 Å². The molecule has 4 rings (SSSR count). The van der Waals surface area contributed by atoms with Crippen LogP contribution in [0.4, 0.5) is 0 Å². The van der Waals surface area contributed by atoms with Crippen molar-refractivity contribution in [2.24, 2.45) is 5.92 Å². The smallest absolute Gasteiger partial charge is 0.241 e. The van der Waals surface area contributed by atoms with Crippen LogP contribution >= 0.6 is 0 Å². The molecule has 2 fully saturated rings. The number of carbonyl (C=O) groups excluding carboxylic acids is 2. The third kappa shape index (κ3) is 5.03. The third-order valence-electron chi connectivity index (χ3n) is 6.04. The first-order valence-corrected chi connectivity index (χ1v) is 10.7. The summed E-state index contributed by atoms with van der Waals surface area (Å²) in [5.41, 5.74) is 8.31. The maximum Gasteiger partial charge on any atom is 0.241 e. The van der Waals surface area contributed by atoms with Gasteiger partial charge in [-0.2, -0.15) is 0 Å². The zero-order chi connectivity index (χ0) is 21.6. The van der Waals surface area contributed by atoms with Crippen molar-refractivity contribution in [2.45, 2.75) is 37.9 Å². The van der Waals surface area contributed by atoms with E-state index >= 15 is 0 Å². The van der Waals surface area contributed by atoms with E-state index in [9.17, 15) is 9.59 Å². The number of aromatic nitrogens is 1. The van der Waals surface area contributed by atoms with Crippen molar-refractivity contribution >= 4 is 11.8 Å². The summed E-state index contributed by atoms with van der Waals surface area (Å²) in [7, 11) is 1.62. The lowest BCUT2D eigenvalue weighted by Crippen LogP contribution is -2.51. The van der Waals surface area contributed by atoms with Crippen LogP contribution in [0.3, 0.4) is 0 Å². The fraction of sp³-hybridized carbons (Fsp3) is 0.435. The van der Waals surface area contributed by atoms with Crippen molar-refractivity contribution in [3.8, 4) is 5.75 Å². The number of ether oxygens (including phenoxy) is 1. The van der Waals surface area contributed by atoms with Gasteiger partial charge in [-0.25, -0.2) is 10.9 Å². The van der Waals surface area contributed by atoms with Gasteiger partial charge < -0.3 is 15.0 Å². The number of piperidine rings is 1. The molecule has 0 radical (unpaired) electrons. The fourth-order valence-electron chi connectivity index (χ4n) is 4.31. The first-order valence-electron chi connectivity index (χ1n) is 10.7. The second kappa shape index (κ2) is 9.89. The average molecular weight is 424 g/mol. The molecule has 0 bridgehead atoms. The second-order valence-electron chi connectivity index (χ2n) is 8.07. The number of hydrogen-bond donors (Lipinski definition) is 3. The Morgan fingerprint density at radius 3 is 2.90 bits per heavy atom. The number of benzene rings is 1. The van der Waals surface area contributed by atoms with Gasteiger partial charge in [0.1, 0.15) is 11.8 Å². The van der Waals surface area contributed by atoms with E-state index in [1.807, 2.05) is 47.5 Å². The van der Waals surface area contributed by atoms with E-state index in [0.29, 0.717) is 26.1 Å². The summed E-state index contributed by atoms with van der Waals surface area (Å²) in [5.74, 6) is 0.581. The Labute approximate surface area is 182 Å². The van der Waals surface area contributed by atoms with E-state index in [-0.39, 0.29) is 29.8 Å². The first-order chi connectivity index (χ1) is 15.2. The number of rotatable bonds is 6. The number of para-hydroxylation sites is 1. The molecule has 2 aliphatic rings. The highest BCUT2D eigenvalue weighted by molar-refractivity contribution is 5.84. The van der Waals surface area contributed by atoms with Crippen LogP contribution in [0.15, 0.2) is 48.8 Å². The molecule has 0 spiro atoms. The molecule has 3 atom stereocenters. The monoisotopic (exact) mass is 423 g/mol. The van der Waals surface area contributed by atoms with Gasteiger partial charge >= 0.3 is 0 Å². The molecule has 3 unspecified atom stereocenters. The minimum Gasteiger partial charge on any atom is -0.496 e. The van der Waals surface area contributed by atoms with Gasteiger partial charge in [0, 0.05) is 43.6 Å². The van der Waals surface area contributed by atoms with E-state index in [1.165, 1.54) is 0 Å². The highest BCUT2D eigenvalue weighted by atomic mass is 16.5. The van der Waals surface area contributed by atoms with Crippen LogP contribution in [0, 0.1) is 5.92 Å². The van der Waals surface area contributed by atoms with E-state index < -0.39 is 0 Å². The Kier molecular flexibility index (Phi) is 6.79. The standard InChI is InChI=1S/C23H29N5O3/c1-31-21-9-3-2-6-17(21)14-25-22(29)18-8-5-11-28(15-18)23(30)20-12-19(26-27-20)16-7-4-10-24-13-16/h2-4,6-7,9-10,13,18-20,26-27H,5,8,11-12,14-15H2,1H3,(H,25,29). The average Bonchev–Trinajstić information content (AvgIpc) is 3.33. The van der Waals surface area contributed by atoms with Crippen molar-refractivity contribution in [3.05, 3.63) is 59.9 Å². The summed E-state index contributed by atoms with van der Waals surface area (Å²) in [5, 5.41) is 3.01. The Hall–Kier alpha value is -2.97. The molecule has 164 valence electrons. The number of carbonyl (C=O) groups is 2. The molecular weight excluding hydrogens is 394 g/mol. The van der Waals surface area contributed by atoms with Crippen LogP contribution in [0.5, 0.6) is 5.75 Å². The lowest BCUT2D eigenvalue weighted by Gasteiger charge is -2.33. The summed E-state index contributed by atoms with van der Waals surface area (Å²) in [6.45, 7) is 1.55.